The Hall–Kier alpha value is -2.78. The molecule has 0 aliphatic carbocycles. The van der Waals surface area contributed by atoms with E-state index in [0.717, 1.165) is 10.6 Å². The first-order chi connectivity index (χ1) is 11.8. The molecule has 24 heavy (non-hydrogen) atoms. The molecule has 1 N–H and O–H groups in total. The summed E-state index contributed by atoms with van der Waals surface area (Å²) in [6.45, 7) is 0. The molecule has 118 valence electrons. The maximum atomic E-state index is 6.07. The van der Waals surface area contributed by atoms with Crippen molar-refractivity contribution in [3.8, 4) is 11.1 Å². The molecular formula is C20H16ClN3. The highest BCUT2D eigenvalue weighted by Crippen LogP contribution is 2.34. The van der Waals surface area contributed by atoms with Crippen LogP contribution in [0.2, 0.25) is 5.02 Å². The molecule has 0 saturated heterocycles. The molecule has 0 bridgehead atoms. The molecule has 4 heteroatoms. The molecule has 0 saturated carbocycles. The molecule has 2 aromatic heterocycles. The van der Waals surface area contributed by atoms with Crippen molar-refractivity contribution in [3.63, 3.8) is 0 Å². The number of H-pyrrole nitrogens is 1. The van der Waals surface area contributed by atoms with Gasteiger partial charge in [-0.05, 0) is 23.3 Å². The third-order valence-corrected chi connectivity index (χ3v) is 4.42. The van der Waals surface area contributed by atoms with Crippen molar-refractivity contribution in [1.29, 1.82) is 0 Å². The molecule has 0 unspecified atom stereocenters. The Morgan fingerprint density at radius 3 is 2.46 bits per heavy atom. The SMILES string of the molecule is Clc1ccc([C@H](c2c[nH]cc2-c2ccccc2)n2ccnc2)cc1. The van der Waals surface area contributed by atoms with E-state index >= 15 is 0 Å². The second-order valence-electron chi connectivity index (χ2n) is 5.65. The third kappa shape index (κ3) is 2.74. The molecule has 2 heterocycles. The minimum atomic E-state index is 0.0335. The first-order valence-corrected chi connectivity index (χ1v) is 8.16. The summed E-state index contributed by atoms with van der Waals surface area (Å²) >= 11 is 6.07. The van der Waals surface area contributed by atoms with Gasteiger partial charge in [-0.1, -0.05) is 54.1 Å². The second kappa shape index (κ2) is 6.38. The number of aromatic amines is 1. The van der Waals surface area contributed by atoms with Gasteiger partial charge in [0.2, 0.25) is 0 Å². The highest BCUT2D eigenvalue weighted by molar-refractivity contribution is 6.30. The van der Waals surface area contributed by atoms with E-state index in [0.29, 0.717) is 0 Å². The van der Waals surface area contributed by atoms with Crippen LogP contribution in [0, 0.1) is 0 Å². The highest BCUT2D eigenvalue weighted by Gasteiger charge is 2.20. The van der Waals surface area contributed by atoms with Crippen LogP contribution in [0.5, 0.6) is 0 Å². The van der Waals surface area contributed by atoms with Crippen LogP contribution in [0.1, 0.15) is 17.2 Å². The topological polar surface area (TPSA) is 33.6 Å². The quantitative estimate of drug-likeness (QED) is 0.549. The fraction of sp³-hybridized carbons (Fsp3) is 0.0500. The predicted molar refractivity (Wildman–Crippen MR) is 97.1 cm³/mol. The first-order valence-electron chi connectivity index (χ1n) is 7.78. The van der Waals surface area contributed by atoms with E-state index in [1.54, 1.807) is 6.20 Å². The lowest BCUT2D eigenvalue weighted by Gasteiger charge is -2.20. The van der Waals surface area contributed by atoms with Crippen molar-refractivity contribution in [3.05, 3.63) is 102 Å². The first kappa shape index (κ1) is 14.8. The van der Waals surface area contributed by atoms with Crippen molar-refractivity contribution in [1.82, 2.24) is 14.5 Å². The van der Waals surface area contributed by atoms with Crippen LogP contribution < -0.4 is 0 Å². The van der Waals surface area contributed by atoms with Gasteiger partial charge in [0.1, 0.15) is 0 Å². The Morgan fingerprint density at radius 1 is 0.958 bits per heavy atom. The minimum absolute atomic E-state index is 0.0335. The Kier molecular flexibility index (Phi) is 3.93. The predicted octanol–water partition coefficient (Wildman–Crippen LogP) is 5.17. The summed E-state index contributed by atoms with van der Waals surface area (Å²) in [4.78, 5) is 7.49. The molecule has 0 spiro atoms. The number of imidazole rings is 1. The van der Waals surface area contributed by atoms with E-state index < -0.39 is 0 Å². The van der Waals surface area contributed by atoms with Gasteiger partial charge in [0.25, 0.3) is 0 Å². The summed E-state index contributed by atoms with van der Waals surface area (Å²) in [5, 5.41) is 0.737. The zero-order valence-corrected chi connectivity index (χ0v) is 13.7. The van der Waals surface area contributed by atoms with Gasteiger partial charge < -0.3 is 9.55 Å². The highest BCUT2D eigenvalue weighted by atomic mass is 35.5. The van der Waals surface area contributed by atoms with Gasteiger partial charge >= 0.3 is 0 Å². The number of hydrogen-bond acceptors (Lipinski definition) is 1. The van der Waals surface area contributed by atoms with Gasteiger partial charge in [0.05, 0.1) is 12.4 Å². The van der Waals surface area contributed by atoms with E-state index in [2.05, 4.69) is 57.1 Å². The van der Waals surface area contributed by atoms with Gasteiger partial charge in [-0.25, -0.2) is 4.98 Å². The van der Waals surface area contributed by atoms with E-state index in [1.807, 2.05) is 36.9 Å². The van der Waals surface area contributed by atoms with E-state index in [1.165, 1.54) is 16.7 Å². The summed E-state index contributed by atoms with van der Waals surface area (Å²) in [5.41, 5.74) is 4.73. The maximum Gasteiger partial charge on any atom is 0.0954 e. The van der Waals surface area contributed by atoms with Gasteiger partial charge in [-0.3, -0.25) is 0 Å². The molecule has 0 aliphatic rings. The summed E-state index contributed by atoms with van der Waals surface area (Å²) in [6, 6.07) is 18.4. The fourth-order valence-corrected chi connectivity index (χ4v) is 3.18. The third-order valence-electron chi connectivity index (χ3n) is 4.17. The van der Waals surface area contributed by atoms with Crippen LogP contribution in [-0.4, -0.2) is 14.5 Å². The van der Waals surface area contributed by atoms with Crippen LogP contribution in [0.15, 0.2) is 85.7 Å². The smallest absolute Gasteiger partial charge is 0.0954 e. The largest absolute Gasteiger partial charge is 0.367 e. The number of halogens is 1. The van der Waals surface area contributed by atoms with E-state index in [9.17, 15) is 0 Å². The van der Waals surface area contributed by atoms with Crippen LogP contribution in [0.3, 0.4) is 0 Å². The molecule has 0 radical (unpaired) electrons. The Balaban J connectivity index is 1.87. The van der Waals surface area contributed by atoms with E-state index in [-0.39, 0.29) is 6.04 Å². The van der Waals surface area contributed by atoms with Crippen molar-refractivity contribution in [2.75, 3.05) is 0 Å². The fourth-order valence-electron chi connectivity index (χ4n) is 3.05. The van der Waals surface area contributed by atoms with Crippen molar-refractivity contribution < 1.29 is 0 Å². The zero-order valence-electron chi connectivity index (χ0n) is 12.9. The number of hydrogen-bond donors (Lipinski definition) is 1. The minimum Gasteiger partial charge on any atom is -0.367 e. The second-order valence-corrected chi connectivity index (χ2v) is 6.09. The van der Waals surface area contributed by atoms with Crippen LogP contribution in [0.25, 0.3) is 11.1 Å². The normalized spacial score (nSPS) is 12.2. The molecule has 0 aliphatic heterocycles. The van der Waals surface area contributed by atoms with Crippen LogP contribution in [0.4, 0.5) is 0 Å². The summed E-state index contributed by atoms with van der Waals surface area (Å²) < 4.78 is 2.11. The lowest BCUT2D eigenvalue weighted by Crippen LogP contribution is -2.10. The van der Waals surface area contributed by atoms with Crippen LogP contribution in [-0.2, 0) is 0 Å². The molecule has 4 rings (SSSR count). The average molecular weight is 334 g/mol. The van der Waals surface area contributed by atoms with E-state index in [4.69, 9.17) is 11.6 Å². The summed E-state index contributed by atoms with van der Waals surface area (Å²) in [6.07, 6.45) is 9.74. The monoisotopic (exact) mass is 333 g/mol. The van der Waals surface area contributed by atoms with Crippen molar-refractivity contribution in [2.45, 2.75) is 6.04 Å². The Bertz CT molecular complexity index is 909. The van der Waals surface area contributed by atoms with Crippen LogP contribution >= 0.6 is 11.6 Å². The van der Waals surface area contributed by atoms with Gasteiger partial charge in [-0.15, -0.1) is 0 Å². The summed E-state index contributed by atoms with van der Waals surface area (Å²) in [7, 11) is 0. The number of nitrogens with one attached hydrogen (secondary N) is 1. The Morgan fingerprint density at radius 2 is 1.75 bits per heavy atom. The molecule has 4 aromatic rings. The lowest BCUT2D eigenvalue weighted by molar-refractivity contribution is 0.679. The summed E-state index contributed by atoms with van der Waals surface area (Å²) in [5.74, 6) is 0. The van der Waals surface area contributed by atoms with Crippen molar-refractivity contribution >= 4 is 11.6 Å². The molecule has 0 fully saturated rings. The van der Waals surface area contributed by atoms with Gasteiger partial charge in [0, 0.05) is 40.9 Å². The Labute approximate surface area is 145 Å². The van der Waals surface area contributed by atoms with Crippen molar-refractivity contribution in [2.24, 2.45) is 0 Å². The van der Waals surface area contributed by atoms with Gasteiger partial charge in [-0.2, -0.15) is 0 Å². The number of benzene rings is 2. The lowest BCUT2D eigenvalue weighted by atomic mass is 9.94. The maximum absolute atomic E-state index is 6.07. The standard InChI is InChI=1S/C20H16ClN3/c21-17-8-6-16(7-9-17)20(24-11-10-22-14-24)19-13-23-12-18(19)15-4-2-1-3-5-15/h1-14,20,23H/t20-/m1/s1. The number of rotatable bonds is 4. The zero-order chi connectivity index (χ0) is 16.4. The number of nitrogens with zero attached hydrogens (tertiary/aromatic N) is 2. The molecule has 2 aromatic carbocycles. The molecular weight excluding hydrogens is 318 g/mol. The number of aromatic nitrogens is 3. The average Bonchev–Trinajstić information content (AvgIpc) is 3.30. The molecule has 0 amide bonds. The molecule has 1 atom stereocenters. The van der Waals surface area contributed by atoms with Gasteiger partial charge in [0.15, 0.2) is 0 Å². The molecule has 3 nitrogen and oxygen atoms in total.